The fourth-order valence-electron chi connectivity index (χ4n) is 2.95. The fourth-order valence-corrected chi connectivity index (χ4v) is 2.95. The fraction of sp³-hybridized carbons (Fsp3) is 0.0476. The highest BCUT2D eigenvalue weighted by atomic mass is 19.1. The number of rotatable bonds is 3. The number of methoxy groups -OCH3 is 1. The second-order valence-electron chi connectivity index (χ2n) is 5.68. The molecule has 3 aromatic carbocycles. The lowest BCUT2D eigenvalue weighted by atomic mass is 10.0. The number of ether oxygens (including phenoxy) is 2. The van der Waals surface area contributed by atoms with E-state index in [0.717, 1.165) is 0 Å². The molecular weight excluding hydrogens is 333 g/mol. The lowest BCUT2D eigenvalue weighted by Crippen LogP contribution is -2.12. The topological polar surface area (TPSA) is 48.4 Å². The molecule has 0 atom stereocenters. The van der Waals surface area contributed by atoms with Gasteiger partial charge in [-0.05, 0) is 24.3 Å². The average molecular weight is 347 g/mol. The number of nitrogens with zero attached hydrogens (tertiary/aromatic N) is 1. The van der Waals surface area contributed by atoms with Crippen molar-refractivity contribution in [3.05, 3.63) is 78.1 Å². The Morgan fingerprint density at radius 3 is 2.12 bits per heavy atom. The summed E-state index contributed by atoms with van der Waals surface area (Å²) in [5.74, 6) is -1.41. The van der Waals surface area contributed by atoms with E-state index in [4.69, 9.17) is 9.47 Å². The quantitative estimate of drug-likeness (QED) is 0.305. The summed E-state index contributed by atoms with van der Waals surface area (Å²) in [4.78, 5) is 17.6. The zero-order chi connectivity index (χ0) is 18.1. The van der Waals surface area contributed by atoms with Gasteiger partial charge in [0.2, 0.25) is 5.75 Å². The third-order valence-electron chi connectivity index (χ3n) is 4.14. The van der Waals surface area contributed by atoms with Gasteiger partial charge in [-0.25, -0.2) is 14.2 Å². The molecule has 4 nitrogen and oxygen atoms in total. The van der Waals surface area contributed by atoms with Crippen LogP contribution in [-0.2, 0) is 0 Å². The summed E-state index contributed by atoms with van der Waals surface area (Å²) >= 11 is 0. The molecule has 0 radical (unpaired) electrons. The van der Waals surface area contributed by atoms with Crippen molar-refractivity contribution in [3.63, 3.8) is 0 Å². The first-order valence-corrected chi connectivity index (χ1v) is 8.01. The van der Waals surface area contributed by atoms with E-state index in [0.29, 0.717) is 27.4 Å². The molecule has 0 fully saturated rings. The predicted octanol–water partition coefficient (Wildman–Crippen LogP) is 4.75. The van der Waals surface area contributed by atoms with Crippen LogP contribution in [0.2, 0.25) is 0 Å². The van der Waals surface area contributed by atoms with Gasteiger partial charge in [0.1, 0.15) is 0 Å². The third kappa shape index (κ3) is 2.63. The number of carbonyl (C=O) groups excluding carboxylic acids is 1. The highest BCUT2D eigenvalue weighted by Gasteiger charge is 2.21. The number of esters is 1. The minimum absolute atomic E-state index is 0.154. The van der Waals surface area contributed by atoms with E-state index in [1.54, 1.807) is 12.1 Å². The van der Waals surface area contributed by atoms with Crippen LogP contribution in [0.3, 0.4) is 0 Å². The number of fused-ring (bicyclic) bond motifs is 2. The van der Waals surface area contributed by atoms with E-state index in [1.165, 1.54) is 25.3 Å². The van der Waals surface area contributed by atoms with Crippen molar-refractivity contribution in [2.75, 3.05) is 7.11 Å². The number of benzene rings is 3. The van der Waals surface area contributed by atoms with E-state index in [1.807, 2.05) is 36.4 Å². The van der Waals surface area contributed by atoms with Crippen LogP contribution in [0.25, 0.3) is 21.8 Å². The Morgan fingerprint density at radius 1 is 0.885 bits per heavy atom. The van der Waals surface area contributed by atoms with Crippen LogP contribution in [0.1, 0.15) is 10.4 Å². The number of hydrogen-bond acceptors (Lipinski definition) is 4. The second kappa shape index (κ2) is 6.44. The third-order valence-corrected chi connectivity index (χ3v) is 4.14. The number of hydrogen-bond donors (Lipinski definition) is 0. The van der Waals surface area contributed by atoms with Crippen LogP contribution in [0.15, 0.2) is 66.7 Å². The van der Waals surface area contributed by atoms with Gasteiger partial charge in [0.15, 0.2) is 11.6 Å². The highest BCUT2D eigenvalue weighted by molar-refractivity contribution is 6.14. The molecule has 0 N–H and O–H groups in total. The van der Waals surface area contributed by atoms with Gasteiger partial charge in [0.05, 0.1) is 23.7 Å². The molecule has 4 rings (SSSR count). The maximum atomic E-state index is 14.2. The summed E-state index contributed by atoms with van der Waals surface area (Å²) in [5, 5.41) is 1.29. The van der Waals surface area contributed by atoms with E-state index in [-0.39, 0.29) is 11.5 Å². The van der Waals surface area contributed by atoms with Crippen LogP contribution in [-0.4, -0.2) is 18.1 Å². The van der Waals surface area contributed by atoms with E-state index in [9.17, 15) is 9.18 Å². The minimum Gasteiger partial charge on any atom is -0.493 e. The summed E-state index contributed by atoms with van der Waals surface area (Å²) in [7, 11) is 1.39. The Balaban J connectivity index is 1.92. The van der Waals surface area contributed by atoms with Gasteiger partial charge in [-0.3, -0.25) is 0 Å². The van der Waals surface area contributed by atoms with Gasteiger partial charge in [0.25, 0.3) is 0 Å². The van der Waals surface area contributed by atoms with Crippen molar-refractivity contribution in [3.8, 4) is 11.5 Å². The molecule has 1 aromatic heterocycles. The van der Waals surface area contributed by atoms with E-state index < -0.39 is 11.8 Å². The maximum absolute atomic E-state index is 14.2. The van der Waals surface area contributed by atoms with E-state index in [2.05, 4.69) is 4.98 Å². The average Bonchev–Trinajstić information content (AvgIpc) is 2.67. The van der Waals surface area contributed by atoms with Crippen molar-refractivity contribution in [2.45, 2.75) is 0 Å². The van der Waals surface area contributed by atoms with Crippen LogP contribution in [0.4, 0.5) is 4.39 Å². The normalized spacial score (nSPS) is 10.8. The Bertz CT molecular complexity index is 1090. The SMILES string of the molecule is COc1cccc(F)c1OC(=O)c1c2ccccc2nc2ccccc12. The lowest BCUT2D eigenvalue weighted by molar-refractivity contribution is 0.0726. The van der Waals surface area contributed by atoms with Crippen LogP contribution in [0.5, 0.6) is 11.5 Å². The molecule has 0 unspecified atom stereocenters. The molecule has 128 valence electrons. The molecular formula is C21H14FNO3. The zero-order valence-corrected chi connectivity index (χ0v) is 13.9. The Hall–Kier alpha value is -3.47. The predicted molar refractivity (Wildman–Crippen MR) is 97.2 cm³/mol. The molecule has 0 aliphatic rings. The van der Waals surface area contributed by atoms with Gasteiger partial charge in [-0.15, -0.1) is 0 Å². The van der Waals surface area contributed by atoms with Crippen molar-refractivity contribution in [2.24, 2.45) is 0 Å². The first-order chi connectivity index (χ1) is 12.7. The summed E-state index contributed by atoms with van der Waals surface area (Å²) in [6, 6.07) is 18.8. The summed E-state index contributed by atoms with van der Waals surface area (Å²) in [6.07, 6.45) is 0. The standard InChI is InChI=1S/C21H14FNO3/c1-25-18-12-6-9-15(22)20(18)26-21(24)19-13-7-2-4-10-16(13)23-17-11-5-3-8-14(17)19/h2-12H,1H3. The largest absolute Gasteiger partial charge is 0.493 e. The monoisotopic (exact) mass is 347 g/mol. The number of para-hydroxylation sites is 3. The number of pyridine rings is 1. The molecule has 0 amide bonds. The molecule has 26 heavy (non-hydrogen) atoms. The number of halogens is 1. The first-order valence-electron chi connectivity index (χ1n) is 8.01. The molecule has 0 saturated carbocycles. The second-order valence-corrected chi connectivity index (χ2v) is 5.68. The van der Waals surface area contributed by atoms with Crippen molar-refractivity contribution >= 4 is 27.8 Å². The highest BCUT2D eigenvalue weighted by Crippen LogP contribution is 2.32. The molecule has 0 aliphatic carbocycles. The molecule has 1 heterocycles. The van der Waals surface area contributed by atoms with Gasteiger partial charge in [-0.2, -0.15) is 0 Å². The smallest absolute Gasteiger partial charge is 0.345 e. The molecule has 0 bridgehead atoms. The van der Waals surface area contributed by atoms with Crippen molar-refractivity contribution in [1.29, 1.82) is 0 Å². The van der Waals surface area contributed by atoms with Gasteiger partial charge in [0, 0.05) is 10.8 Å². The summed E-state index contributed by atoms with van der Waals surface area (Å²) in [5.41, 5.74) is 1.67. The lowest BCUT2D eigenvalue weighted by Gasteiger charge is -2.13. The van der Waals surface area contributed by atoms with E-state index >= 15 is 0 Å². The van der Waals surface area contributed by atoms with Crippen LogP contribution < -0.4 is 9.47 Å². The number of aromatic nitrogens is 1. The molecule has 0 saturated heterocycles. The minimum atomic E-state index is -0.666. The Kier molecular flexibility index (Phi) is 3.97. The zero-order valence-electron chi connectivity index (χ0n) is 13.9. The summed E-state index contributed by atoms with van der Waals surface area (Å²) < 4.78 is 24.7. The van der Waals surface area contributed by atoms with Gasteiger partial charge >= 0.3 is 5.97 Å². The van der Waals surface area contributed by atoms with Crippen LogP contribution >= 0.6 is 0 Å². The Morgan fingerprint density at radius 2 is 1.50 bits per heavy atom. The maximum Gasteiger partial charge on any atom is 0.345 e. The molecule has 0 aliphatic heterocycles. The van der Waals surface area contributed by atoms with Gasteiger partial charge in [-0.1, -0.05) is 42.5 Å². The van der Waals surface area contributed by atoms with Crippen LogP contribution in [0, 0.1) is 5.82 Å². The molecule has 4 aromatic rings. The van der Waals surface area contributed by atoms with Gasteiger partial charge < -0.3 is 9.47 Å². The summed E-state index contributed by atoms with van der Waals surface area (Å²) in [6.45, 7) is 0. The molecule has 0 spiro atoms. The first kappa shape index (κ1) is 16.0. The van der Waals surface area contributed by atoms with Crippen molar-refractivity contribution < 1.29 is 18.7 Å². The van der Waals surface area contributed by atoms with Crippen molar-refractivity contribution in [1.82, 2.24) is 4.98 Å². The molecule has 5 heteroatoms. The number of carbonyl (C=O) groups is 1. The Labute approximate surface area is 148 Å².